The molecule has 0 radical (unpaired) electrons. The molecule has 1 aromatic heterocycles. The smallest absolute Gasteiger partial charge is 0.326 e. The first kappa shape index (κ1) is 13.2. The number of carboxylic acids is 1. The van der Waals surface area contributed by atoms with E-state index in [0.29, 0.717) is 6.42 Å². The fourth-order valence-electron chi connectivity index (χ4n) is 1.58. The first-order valence-corrected chi connectivity index (χ1v) is 5.45. The minimum Gasteiger partial charge on any atom is -0.480 e. The van der Waals surface area contributed by atoms with E-state index in [9.17, 15) is 9.59 Å². The van der Waals surface area contributed by atoms with Gasteiger partial charge in [-0.1, -0.05) is 6.92 Å². The summed E-state index contributed by atoms with van der Waals surface area (Å²) in [5, 5.41) is 15.4. The molecule has 0 bridgehead atoms. The monoisotopic (exact) mass is 239 g/mol. The molecule has 0 aliphatic rings. The Morgan fingerprint density at radius 1 is 1.59 bits per heavy atom. The van der Waals surface area contributed by atoms with Crippen molar-refractivity contribution in [3.8, 4) is 0 Å². The van der Waals surface area contributed by atoms with Gasteiger partial charge in [-0.25, -0.2) is 4.79 Å². The minimum atomic E-state index is -1.01. The van der Waals surface area contributed by atoms with Crippen LogP contribution in [0.3, 0.4) is 0 Å². The predicted octanol–water partition coefficient (Wildman–Crippen LogP) is 0.250. The average Bonchev–Trinajstić information content (AvgIpc) is 2.53. The molecule has 0 saturated heterocycles. The lowest BCUT2D eigenvalue weighted by molar-refractivity contribution is -0.141. The van der Waals surface area contributed by atoms with E-state index in [1.54, 1.807) is 24.7 Å². The Kier molecular flexibility index (Phi) is 4.25. The van der Waals surface area contributed by atoms with Gasteiger partial charge in [-0.2, -0.15) is 5.10 Å². The molecule has 0 aliphatic heterocycles. The molecule has 1 unspecified atom stereocenters. The molecule has 0 spiro atoms. The zero-order chi connectivity index (χ0) is 13.0. The van der Waals surface area contributed by atoms with Gasteiger partial charge < -0.3 is 10.4 Å². The van der Waals surface area contributed by atoms with Gasteiger partial charge in [0.05, 0.1) is 12.1 Å². The summed E-state index contributed by atoms with van der Waals surface area (Å²) in [4.78, 5) is 22.4. The van der Waals surface area contributed by atoms with Gasteiger partial charge in [0.2, 0.25) is 5.91 Å². The highest BCUT2D eigenvalue weighted by atomic mass is 16.4. The van der Waals surface area contributed by atoms with Crippen molar-refractivity contribution in [3.63, 3.8) is 0 Å². The number of carbonyl (C=O) groups is 2. The molecule has 17 heavy (non-hydrogen) atoms. The van der Waals surface area contributed by atoms with Crippen molar-refractivity contribution >= 4 is 11.9 Å². The number of hydrogen-bond acceptors (Lipinski definition) is 3. The zero-order valence-electron chi connectivity index (χ0n) is 10.2. The molecule has 1 heterocycles. The molecule has 6 nitrogen and oxygen atoms in total. The van der Waals surface area contributed by atoms with Crippen molar-refractivity contribution < 1.29 is 14.7 Å². The molecule has 1 rings (SSSR count). The molecule has 2 N–H and O–H groups in total. The summed E-state index contributed by atoms with van der Waals surface area (Å²) in [6.45, 7) is 3.56. The minimum absolute atomic E-state index is 0.140. The van der Waals surface area contributed by atoms with Crippen molar-refractivity contribution in [2.24, 2.45) is 7.05 Å². The summed E-state index contributed by atoms with van der Waals surface area (Å²) in [6.07, 6.45) is 0.507. The van der Waals surface area contributed by atoms with Crippen LogP contribution < -0.4 is 5.32 Å². The first-order chi connectivity index (χ1) is 7.93. The highest BCUT2D eigenvalue weighted by Gasteiger charge is 2.18. The SMILES string of the molecule is CCC(NC(=O)Cc1cc(C)nn1C)C(=O)O. The normalized spacial score (nSPS) is 12.2. The van der Waals surface area contributed by atoms with Crippen LogP contribution in [0.2, 0.25) is 0 Å². The molecule has 0 fully saturated rings. The van der Waals surface area contributed by atoms with Gasteiger partial charge in [0.1, 0.15) is 6.04 Å². The lowest BCUT2D eigenvalue weighted by Gasteiger charge is -2.11. The van der Waals surface area contributed by atoms with E-state index >= 15 is 0 Å². The summed E-state index contributed by atoms with van der Waals surface area (Å²) in [5.74, 6) is -1.32. The predicted molar refractivity (Wildman–Crippen MR) is 61.5 cm³/mol. The fourth-order valence-corrected chi connectivity index (χ4v) is 1.58. The molecule has 0 saturated carbocycles. The molecule has 94 valence electrons. The number of aromatic nitrogens is 2. The van der Waals surface area contributed by atoms with Gasteiger partial charge >= 0.3 is 5.97 Å². The van der Waals surface area contributed by atoms with Gasteiger partial charge in [-0.3, -0.25) is 9.48 Å². The van der Waals surface area contributed by atoms with E-state index in [1.165, 1.54) is 0 Å². The maximum absolute atomic E-state index is 11.6. The Hall–Kier alpha value is -1.85. The van der Waals surface area contributed by atoms with E-state index in [0.717, 1.165) is 11.4 Å². The molecular formula is C11H17N3O3. The van der Waals surface area contributed by atoms with Crippen LogP contribution >= 0.6 is 0 Å². The quantitative estimate of drug-likeness (QED) is 0.771. The number of nitrogens with one attached hydrogen (secondary N) is 1. The largest absolute Gasteiger partial charge is 0.480 e. The van der Waals surface area contributed by atoms with Gasteiger partial charge in [-0.05, 0) is 19.4 Å². The Balaban J connectivity index is 2.61. The van der Waals surface area contributed by atoms with Crippen LogP contribution in [0.25, 0.3) is 0 Å². The third-order valence-corrected chi connectivity index (χ3v) is 2.48. The van der Waals surface area contributed by atoms with Crippen LogP contribution in [0, 0.1) is 6.92 Å². The summed E-state index contributed by atoms with van der Waals surface area (Å²) >= 11 is 0. The third kappa shape index (κ3) is 3.58. The topological polar surface area (TPSA) is 84.2 Å². The van der Waals surface area contributed by atoms with Gasteiger partial charge in [0, 0.05) is 12.7 Å². The molecule has 0 aliphatic carbocycles. The Labute approximate surface area is 99.6 Å². The van der Waals surface area contributed by atoms with Crippen LogP contribution in [0.4, 0.5) is 0 Å². The summed E-state index contributed by atoms with van der Waals surface area (Å²) in [7, 11) is 1.75. The maximum atomic E-state index is 11.6. The van der Waals surface area contributed by atoms with Crippen LogP contribution in [0.5, 0.6) is 0 Å². The summed E-state index contributed by atoms with van der Waals surface area (Å²) in [6, 6.07) is 0.984. The number of carbonyl (C=O) groups excluding carboxylic acids is 1. The number of nitrogens with zero attached hydrogens (tertiary/aromatic N) is 2. The van der Waals surface area contributed by atoms with Crippen molar-refractivity contribution in [2.75, 3.05) is 0 Å². The molecule has 0 aromatic carbocycles. The van der Waals surface area contributed by atoms with E-state index in [4.69, 9.17) is 5.11 Å². The molecule has 1 amide bonds. The Morgan fingerprint density at radius 3 is 2.65 bits per heavy atom. The Bertz CT molecular complexity index is 426. The first-order valence-electron chi connectivity index (χ1n) is 5.45. The van der Waals surface area contributed by atoms with Crippen molar-refractivity contribution in [3.05, 3.63) is 17.5 Å². The van der Waals surface area contributed by atoms with Crippen LogP contribution in [-0.2, 0) is 23.1 Å². The molecule has 1 atom stereocenters. The highest BCUT2D eigenvalue weighted by Crippen LogP contribution is 2.03. The second kappa shape index (κ2) is 5.47. The Morgan fingerprint density at radius 2 is 2.24 bits per heavy atom. The molecular weight excluding hydrogens is 222 g/mol. The number of carboxylic acid groups (broad SMARTS) is 1. The van der Waals surface area contributed by atoms with Gasteiger partial charge in [0.25, 0.3) is 0 Å². The summed E-state index contributed by atoms with van der Waals surface area (Å²) in [5.41, 5.74) is 1.60. The van der Waals surface area contributed by atoms with Gasteiger partial charge in [0.15, 0.2) is 0 Å². The lowest BCUT2D eigenvalue weighted by atomic mass is 10.2. The van der Waals surface area contributed by atoms with E-state index in [2.05, 4.69) is 10.4 Å². The second-order valence-corrected chi connectivity index (χ2v) is 3.94. The molecule has 1 aromatic rings. The van der Waals surface area contributed by atoms with E-state index in [-0.39, 0.29) is 12.3 Å². The fraction of sp³-hybridized carbons (Fsp3) is 0.545. The number of hydrogen-bond donors (Lipinski definition) is 2. The van der Waals surface area contributed by atoms with Crippen LogP contribution in [0.1, 0.15) is 24.7 Å². The zero-order valence-corrected chi connectivity index (χ0v) is 10.2. The highest BCUT2D eigenvalue weighted by molar-refractivity contribution is 5.84. The third-order valence-electron chi connectivity index (χ3n) is 2.48. The van der Waals surface area contributed by atoms with E-state index < -0.39 is 12.0 Å². The van der Waals surface area contributed by atoms with Crippen LogP contribution in [-0.4, -0.2) is 32.8 Å². The summed E-state index contributed by atoms with van der Waals surface area (Å²) < 4.78 is 1.62. The second-order valence-electron chi connectivity index (χ2n) is 3.94. The van der Waals surface area contributed by atoms with E-state index in [1.807, 2.05) is 6.92 Å². The number of amides is 1. The van der Waals surface area contributed by atoms with Crippen molar-refractivity contribution in [1.29, 1.82) is 0 Å². The van der Waals surface area contributed by atoms with Crippen molar-refractivity contribution in [1.82, 2.24) is 15.1 Å². The lowest BCUT2D eigenvalue weighted by Crippen LogP contribution is -2.41. The molecule has 6 heteroatoms. The number of aliphatic carboxylic acids is 1. The van der Waals surface area contributed by atoms with Crippen LogP contribution in [0.15, 0.2) is 6.07 Å². The number of rotatable bonds is 5. The van der Waals surface area contributed by atoms with Gasteiger partial charge in [-0.15, -0.1) is 0 Å². The standard InChI is InChI=1S/C11H17N3O3/c1-4-9(11(16)17)12-10(15)6-8-5-7(2)13-14(8)3/h5,9H,4,6H2,1-3H3,(H,12,15)(H,16,17). The average molecular weight is 239 g/mol. The number of aryl methyl sites for hydroxylation is 2. The maximum Gasteiger partial charge on any atom is 0.326 e. The van der Waals surface area contributed by atoms with Crippen molar-refractivity contribution in [2.45, 2.75) is 32.7 Å².